The maximum Gasteiger partial charge on any atom is 0.268 e. The minimum absolute atomic E-state index is 0.00512. The molecule has 5 heteroatoms. The smallest absolute Gasteiger partial charge is 0.264 e. The highest BCUT2D eigenvalue weighted by Crippen LogP contribution is 2.23. The van der Waals surface area contributed by atoms with Crippen LogP contribution < -0.4 is 0 Å². The van der Waals surface area contributed by atoms with Crippen molar-refractivity contribution >= 4 is 11.6 Å². The van der Waals surface area contributed by atoms with Gasteiger partial charge >= 0.3 is 0 Å². The first-order valence-corrected chi connectivity index (χ1v) is 3.66. The molecule has 0 saturated carbocycles. The Kier molecular flexibility index (Phi) is 2.92. The van der Waals surface area contributed by atoms with E-state index in [-0.39, 0.29) is 11.4 Å². The summed E-state index contributed by atoms with van der Waals surface area (Å²) in [5.74, 6) is -1.12. The van der Waals surface area contributed by atoms with E-state index < -0.39 is 17.8 Å². The van der Waals surface area contributed by atoms with E-state index in [1.54, 1.807) is 0 Å². The summed E-state index contributed by atoms with van der Waals surface area (Å²) in [6.07, 6.45) is -0.912. The van der Waals surface area contributed by atoms with E-state index >= 15 is 0 Å². The molecule has 0 aliphatic carbocycles. The second kappa shape index (κ2) is 3.76. The van der Waals surface area contributed by atoms with Crippen molar-refractivity contribution in [3.63, 3.8) is 0 Å². The van der Waals surface area contributed by atoms with Crippen molar-refractivity contribution in [1.82, 2.24) is 4.98 Å². The second-order valence-corrected chi connectivity index (χ2v) is 2.40. The Labute approximate surface area is 72.2 Å². The zero-order valence-corrected chi connectivity index (χ0v) is 6.65. The molecular weight excluding hydrogens is 191 g/mol. The Morgan fingerprint density at radius 3 is 2.58 bits per heavy atom. The molecule has 0 aliphatic rings. The molecule has 1 nitrogen and oxygen atoms in total. The SMILES string of the molecule is Fc1c(CCl)cncc1C(F)F. The molecule has 0 amide bonds. The summed E-state index contributed by atoms with van der Waals surface area (Å²) in [4.78, 5) is 3.43. The molecule has 0 atom stereocenters. The van der Waals surface area contributed by atoms with Gasteiger partial charge in [0.1, 0.15) is 5.82 Å². The summed E-state index contributed by atoms with van der Waals surface area (Å²) in [7, 11) is 0. The predicted molar refractivity (Wildman–Crippen MR) is 38.7 cm³/mol. The standard InChI is InChI=1S/C7H5ClF3N/c8-1-4-2-12-3-5(6(4)9)7(10)11/h2-3,7H,1H2. The zero-order chi connectivity index (χ0) is 9.14. The average molecular weight is 196 g/mol. The Balaban J connectivity index is 3.14. The van der Waals surface area contributed by atoms with E-state index in [1.165, 1.54) is 0 Å². The van der Waals surface area contributed by atoms with E-state index in [1.807, 2.05) is 0 Å². The van der Waals surface area contributed by atoms with Crippen LogP contribution in [0.1, 0.15) is 17.6 Å². The van der Waals surface area contributed by atoms with Gasteiger partial charge in [0.2, 0.25) is 0 Å². The maximum absolute atomic E-state index is 12.9. The zero-order valence-electron chi connectivity index (χ0n) is 5.90. The van der Waals surface area contributed by atoms with E-state index in [2.05, 4.69) is 4.98 Å². The third-order valence-corrected chi connectivity index (χ3v) is 1.65. The summed E-state index contributed by atoms with van der Waals surface area (Å²) in [5.41, 5.74) is -0.706. The molecule has 0 aliphatic heterocycles. The third-order valence-electron chi connectivity index (χ3n) is 1.36. The number of pyridine rings is 1. The molecule has 0 saturated heterocycles. The molecule has 0 spiro atoms. The Morgan fingerprint density at radius 2 is 2.08 bits per heavy atom. The van der Waals surface area contributed by atoms with Gasteiger partial charge in [0.15, 0.2) is 0 Å². The molecule has 1 rings (SSSR count). The lowest BCUT2D eigenvalue weighted by Crippen LogP contribution is -1.96. The molecule has 0 fully saturated rings. The van der Waals surface area contributed by atoms with Crippen LogP contribution >= 0.6 is 11.6 Å². The maximum atomic E-state index is 12.9. The van der Waals surface area contributed by atoms with Gasteiger partial charge in [-0.15, -0.1) is 11.6 Å². The minimum Gasteiger partial charge on any atom is -0.264 e. The summed E-state index contributed by atoms with van der Waals surface area (Å²) < 4.78 is 37.0. The molecule has 0 radical (unpaired) electrons. The van der Waals surface area contributed by atoms with Gasteiger partial charge in [-0.25, -0.2) is 13.2 Å². The van der Waals surface area contributed by atoms with Crippen LogP contribution in [0.3, 0.4) is 0 Å². The van der Waals surface area contributed by atoms with Gasteiger partial charge in [-0.2, -0.15) is 0 Å². The molecule has 66 valence electrons. The molecule has 0 unspecified atom stereocenters. The van der Waals surface area contributed by atoms with Crippen molar-refractivity contribution < 1.29 is 13.2 Å². The van der Waals surface area contributed by atoms with Gasteiger partial charge in [-0.1, -0.05) is 0 Å². The van der Waals surface area contributed by atoms with Crippen molar-refractivity contribution in [3.8, 4) is 0 Å². The van der Waals surface area contributed by atoms with E-state index in [9.17, 15) is 13.2 Å². The highest BCUT2D eigenvalue weighted by molar-refractivity contribution is 6.17. The Hall–Kier alpha value is -0.770. The van der Waals surface area contributed by atoms with Crippen LogP contribution in [0.5, 0.6) is 0 Å². The number of hydrogen-bond acceptors (Lipinski definition) is 1. The molecule has 1 aromatic heterocycles. The number of hydrogen-bond donors (Lipinski definition) is 0. The number of rotatable bonds is 2. The van der Waals surface area contributed by atoms with Crippen LogP contribution in [-0.4, -0.2) is 4.98 Å². The normalized spacial score (nSPS) is 10.8. The van der Waals surface area contributed by atoms with Crippen molar-refractivity contribution in [1.29, 1.82) is 0 Å². The second-order valence-electron chi connectivity index (χ2n) is 2.14. The lowest BCUT2D eigenvalue weighted by atomic mass is 10.2. The monoisotopic (exact) mass is 195 g/mol. The lowest BCUT2D eigenvalue weighted by Gasteiger charge is -2.03. The fourth-order valence-electron chi connectivity index (χ4n) is 0.752. The number of aromatic nitrogens is 1. The van der Waals surface area contributed by atoms with Crippen LogP contribution in [0, 0.1) is 5.82 Å². The van der Waals surface area contributed by atoms with Gasteiger partial charge in [0.25, 0.3) is 6.43 Å². The highest BCUT2D eigenvalue weighted by atomic mass is 35.5. The fourth-order valence-corrected chi connectivity index (χ4v) is 0.938. The predicted octanol–water partition coefficient (Wildman–Crippen LogP) is 2.90. The molecule has 1 heterocycles. The molecule has 0 bridgehead atoms. The van der Waals surface area contributed by atoms with Crippen LogP contribution in [0.15, 0.2) is 12.4 Å². The van der Waals surface area contributed by atoms with Gasteiger partial charge < -0.3 is 0 Å². The summed E-state index contributed by atoms with van der Waals surface area (Å²) >= 11 is 5.28. The Morgan fingerprint density at radius 1 is 1.42 bits per heavy atom. The third kappa shape index (κ3) is 1.69. The van der Waals surface area contributed by atoms with Gasteiger partial charge in [0.05, 0.1) is 11.4 Å². The molecule has 0 N–H and O–H groups in total. The lowest BCUT2D eigenvalue weighted by molar-refractivity contribution is 0.145. The Bertz CT molecular complexity index is 277. The van der Waals surface area contributed by atoms with Gasteiger partial charge in [-0.3, -0.25) is 4.98 Å². The van der Waals surface area contributed by atoms with E-state index in [0.29, 0.717) is 0 Å². The van der Waals surface area contributed by atoms with Crippen molar-refractivity contribution in [3.05, 3.63) is 29.3 Å². The van der Waals surface area contributed by atoms with Crippen molar-refractivity contribution in [2.24, 2.45) is 0 Å². The highest BCUT2D eigenvalue weighted by Gasteiger charge is 2.15. The molecule has 1 aromatic rings. The molecular formula is C7H5ClF3N. The van der Waals surface area contributed by atoms with Crippen LogP contribution in [0.2, 0.25) is 0 Å². The average Bonchev–Trinajstić information content (AvgIpc) is 2.04. The summed E-state index contributed by atoms with van der Waals surface area (Å²) in [5, 5.41) is 0. The summed E-state index contributed by atoms with van der Waals surface area (Å²) in [6.45, 7) is 0. The van der Waals surface area contributed by atoms with Crippen molar-refractivity contribution in [2.45, 2.75) is 12.3 Å². The molecule has 0 aromatic carbocycles. The number of nitrogens with zero attached hydrogens (tertiary/aromatic N) is 1. The topological polar surface area (TPSA) is 12.9 Å². The first kappa shape index (κ1) is 9.32. The number of alkyl halides is 3. The van der Waals surface area contributed by atoms with Crippen LogP contribution in [0.25, 0.3) is 0 Å². The first-order valence-electron chi connectivity index (χ1n) is 3.13. The van der Waals surface area contributed by atoms with Crippen LogP contribution in [-0.2, 0) is 5.88 Å². The van der Waals surface area contributed by atoms with E-state index in [4.69, 9.17) is 11.6 Å². The summed E-state index contributed by atoms with van der Waals surface area (Å²) in [6, 6.07) is 0. The first-order chi connectivity index (χ1) is 5.66. The minimum atomic E-state index is -2.85. The van der Waals surface area contributed by atoms with Gasteiger partial charge in [0, 0.05) is 18.0 Å². The number of halogens is 4. The quantitative estimate of drug-likeness (QED) is 0.662. The molecule has 12 heavy (non-hydrogen) atoms. The van der Waals surface area contributed by atoms with E-state index in [0.717, 1.165) is 12.4 Å². The van der Waals surface area contributed by atoms with Crippen molar-refractivity contribution in [2.75, 3.05) is 0 Å². The van der Waals surface area contributed by atoms with Gasteiger partial charge in [-0.05, 0) is 0 Å². The fraction of sp³-hybridized carbons (Fsp3) is 0.286. The van der Waals surface area contributed by atoms with Crippen LogP contribution in [0.4, 0.5) is 13.2 Å². The largest absolute Gasteiger partial charge is 0.268 e.